The molecule has 0 spiro atoms. The third kappa shape index (κ3) is 6.16. The molecule has 2 aromatic heterocycles. The smallest absolute Gasteiger partial charge is 0.0716 e. The highest BCUT2D eigenvalue weighted by Gasteiger charge is 2.16. The summed E-state index contributed by atoms with van der Waals surface area (Å²) in [5.41, 5.74) is 23.8. The van der Waals surface area contributed by atoms with Crippen molar-refractivity contribution in [3.8, 4) is 16.8 Å². The number of para-hydroxylation sites is 1. The monoisotopic (exact) mass is 624 g/mol. The number of allylic oxidation sites excluding steroid dienone is 5. The van der Waals surface area contributed by atoms with Crippen LogP contribution in [0.1, 0.15) is 37.6 Å². The van der Waals surface area contributed by atoms with E-state index in [1.807, 2.05) is 38.1 Å². The van der Waals surface area contributed by atoms with Crippen LogP contribution in [-0.4, -0.2) is 9.55 Å². The van der Waals surface area contributed by atoms with Gasteiger partial charge in [0.1, 0.15) is 0 Å². The van der Waals surface area contributed by atoms with Crippen LogP contribution < -0.4 is 11.5 Å². The lowest BCUT2D eigenvalue weighted by molar-refractivity contribution is 1.18. The van der Waals surface area contributed by atoms with Crippen molar-refractivity contribution in [2.45, 2.75) is 20.8 Å². The predicted molar refractivity (Wildman–Crippen MR) is 207 cm³/mol. The normalized spacial score (nSPS) is 12.3. The fraction of sp³-hybridized carbons (Fsp3) is 0.0682. The molecule has 0 aliphatic carbocycles. The van der Waals surface area contributed by atoms with E-state index in [-0.39, 0.29) is 0 Å². The molecule has 0 amide bonds. The van der Waals surface area contributed by atoms with Gasteiger partial charge in [-0.2, -0.15) is 0 Å². The largest absolute Gasteiger partial charge is 0.404 e. The quantitative estimate of drug-likeness (QED) is 0.143. The Morgan fingerprint density at radius 3 is 2.19 bits per heavy atom. The fourth-order valence-electron chi connectivity index (χ4n) is 6.21. The Hall–Kier alpha value is -6.13. The SMILES string of the molecule is C/C=C(\N)c1cccc(-c2ccc3c(ccc4c5ccc(/C(C)=C/C(=C\N)c6ccccn6)cc5n(-c5ccccc5)c34)c2)c1.C=CC. The Labute approximate surface area is 282 Å². The van der Waals surface area contributed by atoms with Gasteiger partial charge in [-0.25, -0.2) is 0 Å². The number of hydrogen-bond donors (Lipinski definition) is 2. The number of benzene rings is 5. The summed E-state index contributed by atoms with van der Waals surface area (Å²) < 4.78 is 2.40. The number of fused-ring (bicyclic) bond motifs is 5. The van der Waals surface area contributed by atoms with Crippen molar-refractivity contribution in [1.82, 2.24) is 9.55 Å². The summed E-state index contributed by atoms with van der Waals surface area (Å²) in [5.74, 6) is 0. The van der Waals surface area contributed by atoms with E-state index in [0.717, 1.165) is 56.0 Å². The van der Waals surface area contributed by atoms with E-state index < -0.39 is 0 Å². The first-order valence-corrected chi connectivity index (χ1v) is 16.1. The first-order valence-electron chi connectivity index (χ1n) is 16.1. The van der Waals surface area contributed by atoms with E-state index in [2.05, 4.69) is 132 Å². The molecule has 7 aromatic rings. The molecule has 0 unspecified atom stereocenters. The molecule has 7 rings (SSSR count). The molecule has 4 heteroatoms. The Bertz CT molecular complexity index is 2340. The van der Waals surface area contributed by atoms with Crippen LogP contribution in [0.5, 0.6) is 0 Å². The first kappa shape index (κ1) is 31.8. The number of nitrogens with two attached hydrogens (primary N) is 2. The number of aromatic nitrogens is 2. The second-order valence-electron chi connectivity index (χ2n) is 11.7. The second kappa shape index (κ2) is 14.1. The van der Waals surface area contributed by atoms with Crippen LogP contribution in [0.25, 0.3) is 66.2 Å². The molecule has 0 aliphatic rings. The lowest BCUT2D eigenvalue weighted by Crippen LogP contribution is -1.96. The molecule has 48 heavy (non-hydrogen) atoms. The maximum absolute atomic E-state index is 6.23. The Morgan fingerprint density at radius 2 is 1.46 bits per heavy atom. The zero-order valence-electron chi connectivity index (χ0n) is 27.7. The Kier molecular flexibility index (Phi) is 9.35. The summed E-state index contributed by atoms with van der Waals surface area (Å²) in [6.45, 7) is 9.34. The van der Waals surface area contributed by atoms with Gasteiger partial charge in [-0.1, -0.05) is 91.0 Å². The molecule has 5 aromatic carbocycles. The Morgan fingerprint density at radius 1 is 0.729 bits per heavy atom. The van der Waals surface area contributed by atoms with E-state index >= 15 is 0 Å². The van der Waals surface area contributed by atoms with Gasteiger partial charge in [0.2, 0.25) is 0 Å². The lowest BCUT2D eigenvalue weighted by atomic mass is 9.97. The molecule has 0 bridgehead atoms. The van der Waals surface area contributed by atoms with Gasteiger partial charge in [-0.15, -0.1) is 6.58 Å². The molecular weight excluding hydrogens is 585 g/mol. The van der Waals surface area contributed by atoms with Crippen molar-refractivity contribution >= 4 is 49.4 Å². The van der Waals surface area contributed by atoms with Crippen LogP contribution in [0.3, 0.4) is 0 Å². The third-order valence-electron chi connectivity index (χ3n) is 8.57. The summed E-state index contributed by atoms with van der Waals surface area (Å²) in [5, 5.41) is 4.83. The highest BCUT2D eigenvalue weighted by atomic mass is 15.0. The summed E-state index contributed by atoms with van der Waals surface area (Å²) in [7, 11) is 0. The molecule has 0 atom stereocenters. The van der Waals surface area contributed by atoms with E-state index in [9.17, 15) is 0 Å². The molecule has 0 saturated heterocycles. The van der Waals surface area contributed by atoms with Crippen molar-refractivity contribution in [1.29, 1.82) is 0 Å². The zero-order valence-corrected chi connectivity index (χ0v) is 27.7. The van der Waals surface area contributed by atoms with Gasteiger partial charge in [0.05, 0.1) is 16.7 Å². The fourth-order valence-corrected chi connectivity index (χ4v) is 6.21. The molecule has 4 nitrogen and oxygen atoms in total. The van der Waals surface area contributed by atoms with Crippen molar-refractivity contribution < 1.29 is 0 Å². The molecule has 4 N–H and O–H groups in total. The molecule has 236 valence electrons. The van der Waals surface area contributed by atoms with E-state index in [4.69, 9.17) is 11.5 Å². The Balaban J connectivity index is 0.00000129. The number of pyridine rings is 1. The standard InChI is InChI=1S/C41H34N4.C3H6/c1-3-38(43)32-11-9-10-29(24-32)30-16-18-35-31(23-30)17-20-37-36-19-15-28(27(2)22-33(26-42)39-14-7-8-21-44-39)25-40(36)45(41(35)37)34-12-5-4-6-13-34;1-3-2/h3-26H,42-43H2,1-2H3;3H,1H2,2H3/b27-22+,33-26+,38-3-;. The minimum atomic E-state index is 0.781. The molecule has 0 fully saturated rings. The van der Waals surface area contributed by atoms with Crippen LogP contribution in [0.15, 0.2) is 159 Å². The highest BCUT2D eigenvalue weighted by Crippen LogP contribution is 2.39. The number of rotatable bonds is 6. The average Bonchev–Trinajstić information content (AvgIpc) is 3.48. The van der Waals surface area contributed by atoms with Gasteiger partial charge < -0.3 is 16.0 Å². The molecule has 0 saturated carbocycles. The summed E-state index contributed by atoms with van der Waals surface area (Å²) in [6, 6.07) is 42.9. The van der Waals surface area contributed by atoms with Crippen molar-refractivity contribution in [3.05, 3.63) is 175 Å². The average molecular weight is 625 g/mol. The van der Waals surface area contributed by atoms with Crippen LogP contribution in [0, 0.1) is 0 Å². The minimum absolute atomic E-state index is 0.781. The third-order valence-corrected chi connectivity index (χ3v) is 8.57. The number of nitrogens with zero attached hydrogens (tertiary/aromatic N) is 2. The topological polar surface area (TPSA) is 69.9 Å². The summed E-state index contributed by atoms with van der Waals surface area (Å²) >= 11 is 0. The van der Waals surface area contributed by atoms with Crippen molar-refractivity contribution in [2.24, 2.45) is 11.5 Å². The maximum atomic E-state index is 6.23. The van der Waals surface area contributed by atoms with Gasteiger partial charge in [-0.3, -0.25) is 4.98 Å². The molecule has 0 radical (unpaired) electrons. The minimum Gasteiger partial charge on any atom is -0.404 e. The van der Waals surface area contributed by atoms with Gasteiger partial charge in [-0.05, 0) is 103 Å². The zero-order chi connectivity index (χ0) is 33.6. The van der Waals surface area contributed by atoms with E-state index in [1.54, 1.807) is 18.5 Å². The van der Waals surface area contributed by atoms with E-state index in [1.165, 1.54) is 27.1 Å². The van der Waals surface area contributed by atoms with Gasteiger partial charge in [0.25, 0.3) is 0 Å². The van der Waals surface area contributed by atoms with Crippen molar-refractivity contribution in [3.63, 3.8) is 0 Å². The van der Waals surface area contributed by atoms with Crippen molar-refractivity contribution in [2.75, 3.05) is 0 Å². The van der Waals surface area contributed by atoms with Gasteiger partial charge in [0.15, 0.2) is 0 Å². The van der Waals surface area contributed by atoms with E-state index in [0.29, 0.717) is 0 Å². The van der Waals surface area contributed by atoms with Gasteiger partial charge in [0, 0.05) is 45.5 Å². The lowest BCUT2D eigenvalue weighted by Gasteiger charge is -2.12. The van der Waals surface area contributed by atoms with Crippen LogP contribution in [0.2, 0.25) is 0 Å². The van der Waals surface area contributed by atoms with Gasteiger partial charge >= 0.3 is 0 Å². The van der Waals surface area contributed by atoms with Crippen LogP contribution in [-0.2, 0) is 0 Å². The van der Waals surface area contributed by atoms with Crippen LogP contribution in [0.4, 0.5) is 0 Å². The summed E-state index contributed by atoms with van der Waals surface area (Å²) in [6.07, 6.45) is 9.21. The molecular formula is C44H40N4. The number of hydrogen-bond acceptors (Lipinski definition) is 3. The predicted octanol–water partition coefficient (Wildman–Crippen LogP) is 10.9. The van der Waals surface area contributed by atoms with Crippen LogP contribution >= 0.6 is 0 Å². The summed E-state index contributed by atoms with van der Waals surface area (Å²) in [4.78, 5) is 4.49. The first-order chi connectivity index (χ1) is 23.5. The second-order valence-corrected chi connectivity index (χ2v) is 11.7. The molecule has 2 heterocycles. The highest BCUT2D eigenvalue weighted by molar-refractivity contribution is 6.19. The maximum Gasteiger partial charge on any atom is 0.0716 e. The molecule has 0 aliphatic heterocycles.